The number of primary amides is 1. The molecule has 2 unspecified atom stereocenters. The van der Waals surface area contributed by atoms with Crippen molar-refractivity contribution < 1.29 is 14.3 Å². The monoisotopic (exact) mass is 430 g/mol. The fourth-order valence-corrected chi connectivity index (χ4v) is 4.87. The third kappa shape index (κ3) is 4.80. The lowest BCUT2D eigenvalue weighted by Crippen LogP contribution is -2.54. The zero-order valence-corrected chi connectivity index (χ0v) is 19.8. The van der Waals surface area contributed by atoms with E-state index in [0.29, 0.717) is 47.8 Å². The van der Waals surface area contributed by atoms with E-state index in [1.165, 1.54) is 30.1 Å². The Hall–Kier alpha value is -2.31. The molecular formula is C24H38N4O3. The van der Waals surface area contributed by atoms with Gasteiger partial charge in [0.1, 0.15) is 5.56 Å². The number of fused-ring (bicyclic) bond motifs is 2. The van der Waals surface area contributed by atoms with Crippen LogP contribution < -0.4 is 15.8 Å². The highest BCUT2D eigenvalue weighted by Gasteiger charge is 2.53. The van der Waals surface area contributed by atoms with Gasteiger partial charge in [-0.05, 0) is 62.2 Å². The molecule has 3 saturated carbocycles. The molecule has 7 heteroatoms. The standard InChI is InChI=1S/C24H38N4O3/c1-15(2)14-31-21-18(13-27-28(21)10-9-23(3,4)22(25)30)20(29)26-12-16-7-8-17-11-19(16)24(17,5)6/h9-10,13,15-17,19H,7-8,11-12,14H2,1-6H3,(H2,25,30)(H,26,29)/t16-,17?,19?/m1/s1. The lowest BCUT2D eigenvalue weighted by atomic mass is 9.45. The summed E-state index contributed by atoms with van der Waals surface area (Å²) in [7, 11) is 0. The Kier molecular flexibility index (Phi) is 6.53. The fourth-order valence-electron chi connectivity index (χ4n) is 4.87. The smallest absolute Gasteiger partial charge is 0.258 e. The van der Waals surface area contributed by atoms with Gasteiger partial charge in [0.25, 0.3) is 5.91 Å². The molecule has 2 amide bonds. The second kappa shape index (κ2) is 8.67. The molecule has 3 aliphatic carbocycles. The molecule has 31 heavy (non-hydrogen) atoms. The Morgan fingerprint density at radius 3 is 2.68 bits per heavy atom. The van der Waals surface area contributed by atoms with E-state index in [9.17, 15) is 9.59 Å². The predicted octanol–water partition coefficient (Wildman–Crippen LogP) is 3.70. The third-order valence-corrected chi connectivity index (χ3v) is 7.34. The lowest BCUT2D eigenvalue weighted by molar-refractivity contribution is -0.123. The van der Waals surface area contributed by atoms with Crippen LogP contribution in [0.2, 0.25) is 0 Å². The number of hydrogen-bond donors (Lipinski definition) is 2. The van der Waals surface area contributed by atoms with E-state index in [-0.39, 0.29) is 5.91 Å². The first-order valence-corrected chi connectivity index (χ1v) is 11.4. The molecule has 1 heterocycles. The Morgan fingerprint density at radius 2 is 2.10 bits per heavy atom. The van der Waals surface area contributed by atoms with Gasteiger partial charge >= 0.3 is 0 Å². The van der Waals surface area contributed by atoms with Crippen molar-refractivity contribution in [3.05, 3.63) is 17.8 Å². The van der Waals surface area contributed by atoms with Crippen molar-refractivity contribution in [1.82, 2.24) is 15.1 Å². The number of amides is 2. The number of ether oxygens (including phenoxy) is 1. The molecule has 172 valence electrons. The first-order valence-electron chi connectivity index (χ1n) is 11.4. The van der Waals surface area contributed by atoms with Gasteiger partial charge in [-0.2, -0.15) is 5.10 Å². The van der Waals surface area contributed by atoms with Gasteiger partial charge in [-0.15, -0.1) is 0 Å². The zero-order chi connectivity index (χ0) is 23.0. The van der Waals surface area contributed by atoms with Gasteiger partial charge in [0.2, 0.25) is 11.8 Å². The molecule has 2 bridgehead atoms. The molecule has 7 nitrogen and oxygen atoms in total. The third-order valence-electron chi connectivity index (χ3n) is 7.34. The molecule has 1 aromatic heterocycles. The first kappa shape index (κ1) is 23.4. The zero-order valence-electron chi connectivity index (χ0n) is 19.8. The van der Waals surface area contributed by atoms with Crippen molar-refractivity contribution in [2.24, 2.45) is 40.2 Å². The molecule has 0 aromatic carbocycles. The predicted molar refractivity (Wildman–Crippen MR) is 121 cm³/mol. The van der Waals surface area contributed by atoms with Crippen molar-refractivity contribution in [1.29, 1.82) is 0 Å². The Balaban J connectivity index is 1.73. The number of carbonyl (C=O) groups excluding carboxylic acids is 2. The summed E-state index contributed by atoms with van der Waals surface area (Å²) in [5.41, 5.74) is 5.41. The largest absolute Gasteiger partial charge is 0.477 e. The fraction of sp³-hybridized carbons (Fsp3) is 0.708. The van der Waals surface area contributed by atoms with Crippen LogP contribution in [0.4, 0.5) is 0 Å². The van der Waals surface area contributed by atoms with Crippen LogP contribution in [0.25, 0.3) is 6.20 Å². The lowest BCUT2D eigenvalue weighted by Gasteiger charge is -2.60. The van der Waals surface area contributed by atoms with Crippen LogP contribution in [0.1, 0.15) is 71.2 Å². The molecule has 3 atom stereocenters. The van der Waals surface area contributed by atoms with Crippen LogP contribution in [-0.4, -0.2) is 34.7 Å². The molecule has 0 saturated heterocycles. The summed E-state index contributed by atoms with van der Waals surface area (Å²) in [6, 6.07) is 0. The van der Waals surface area contributed by atoms with Crippen molar-refractivity contribution in [3.63, 3.8) is 0 Å². The summed E-state index contributed by atoms with van der Waals surface area (Å²) in [6.45, 7) is 13.4. The number of nitrogens with two attached hydrogens (primary N) is 1. The van der Waals surface area contributed by atoms with E-state index >= 15 is 0 Å². The number of rotatable bonds is 9. The van der Waals surface area contributed by atoms with Crippen molar-refractivity contribution in [2.75, 3.05) is 13.2 Å². The number of hydrogen-bond acceptors (Lipinski definition) is 4. The minimum atomic E-state index is -0.835. The maximum absolute atomic E-state index is 13.0. The quantitative estimate of drug-likeness (QED) is 0.624. The summed E-state index contributed by atoms with van der Waals surface area (Å²) >= 11 is 0. The SMILES string of the molecule is CC(C)COc1c(C(=O)NC[C@H]2CCC3CC2C3(C)C)cnn1C=CC(C)(C)C(N)=O. The van der Waals surface area contributed by atoms with Crippen LogP contribution in [0.15, 0.2) is 12.3 Å². The maximum atomic E-state index is 13.0. The summed E-state index contributed by atoms with van der Waals surface area (Å²) in [4.78, 5) is 24.6. The molecule has 3 fully saturated rings. The van der Waals surface area contributed by atoms with Crippen LogP contribution in [-0.2, 0) is 4.79 Å². The van der Waals surface area contributed by atoms with Gasteiger partial charge in [0.15, 0.2) is 0 Å². The molecule has 4 rings (SSSR count). The summed E-state index contributed by atoms with van der Waals surface area (Å²) in [5, 5.41) is 7.43. The maximum Gasteiger partial charge on any atom is 0.258 e. The highest BCUT2D eigenvalue weighted by atomic mass is 16.5. The van der Waals surface area contributed by atoms with Crippen molar-refractivity contribution >= 4 is 18.0 Å². The molecule has 3 aliphatic rings. The Morgan fingerprint density at radius 1 is 1.39 bits per heavy atom. The van der Waals surface area contributed by atoms with E-state index in [1.54, 1.807) is 26.1 Å². The van der Waals surface area contributed by atoms with Gasteiger partial charge in [0.05, 0.1) is 18.2 Å². The normalized spacial score (nSPS) is 24.8. The topological polar surface area (TPSA) is 99.2 Å². The second-order valence-electron chi connectivity index (χ2n) is 10.8. The van der Waals surface area contributed by atoms with E-state index in [2.05, 4.69) is 24.3 Å². The first-order chi connectivity index (χ1) is 14.4. The Bertz CT molecular complexity index is 851. The average Bonchev–Trinajstić information content (AvgIpc) is 3.11. The van der Waals surface area contributed by atoms with Crippen LogP contribution in [0.3, 0.4) is 0 Å². The van der Waals surface area contributed by atoms with Gasteiger partial charge in [0, 0.05) is 12.7 Å². The molecule has 0 aliphatic heterocycles. The number of nitrogens with zero attached hydrogens (tertiary/aromatic N) is 2. The Labute approximate surface area is 185 Å². The molecule has 0 spiro atoms. The summed E-state index contributed by atoms with van der Waals surface area (Å²) < 4.78 is 7.44. The van der Waals surface area contributed by atoms with Gasteiger partial charge in [-0.25, -0.2) is 4.68 Å². The second-order valence-corrected chi connectivity index (χ2v) is 10.8. The summed E-state index contributed by atoms with van der Waals surface area (Å²) in [5.74, 6) is 2.12. The van der Waals surface area contributed by atoms with Crippen LogP contribution in [0.5, 0.6) is 5.88 Å². The highest BCUT2D eigenvalue weighted by Crippen LogP contribution is 2.61. The molecular weight excluding hydrogens is 392 g/mol. The molecule has 1 aromatic rings. The van der Waals surface area contributed by atoms with E-state index in [0.717, 1.165) is 5.92 Å². The molecule has 3 N–H and O–H groups in total. The van der Waals surface area contributed by atoms with E-state index in [1.807, 2.05) is 13.8 Å². The van der Waals surface area contributed by atoms with Crippen molar-refractivity contribution in [2.45, 2.75) is 60.8 Å². The number of carbonyl (C=O) groups is 2. The number of nitrogens with one attached hydrogen (secondary N) is 1. The van der Waals surface area contributed by atoms with Crippen LogP contribution in [0, 0.1) is 34.5 Å². The van der Waals surface area contributed by atoms with E-state index in [4.69, 9.17) is 10.5 Å². The van der Waals surface area contributed by atoms with Gasteiger partial charge < -0.3 is 15.8 Å². The van der Waals surface area contributed by atoms with Gasteiger partial charge in [-0.3, -0.25) is 9.59 Å². The molecule has 0 radical (unpaired) electrons. The highest BCUT2D eigenvalue weighted by molar-refractivity contribution is 5.96. The number of aromatic nitrogens is 2. The minimum Gasteiger partial charge on any atom is -0.477 e. The van der Waals surface area contributed by atoms with Gasteiger partial charge in [-0.1, -0.05) is 33.8 Å². The van der Waals surface area contributed by atoms with Crippen LogP contribution >= 0.6 is 0 Å². The van der Waals surface area contributed by atoms with E-state index < -0.39 is 11.3 Å². The average molecular weight is 431 g/mol. The summed E-state index contributed by atoms with van der Waals surface area (Å²) in [6.07, 6.45) is 8.55. The van der Waals surface area contributed by atoms with Crippen molar-refractivity contribution in [3.8, 4) is 5.88 Å². The minimum absolute atomic E-state index is 0.174.